The van der Waals surface area contributed by atoms with Crippen LogP contribution in [0.3, 0.4) is 0 Å². The number of hydrogen-bond donors (Lipinski definition) is 3. The fourth-order valence-corrected chi connectivity index (χ4v) is 0. The summed E-state index contributed by atoms with van der Waals surface area (Å²) in [6, 6.07) is 0. The Morgan fingerprint density at radius 1 is 0.733 bits per heavy atom. The maximum atomic E-state index is 8.06. The molecule has 0 fully saturated rings. The summed E-state index contributed by atoms with van der Waals surface area (Å²) in [6.45, 7) is 12.5. The van der Waals surface area contributed by atoms with Crippen LogP contribution in [0.5, 0.6) is 0 Å². The van der Waals surface area contributed by atoms with Crippen LogP contribution in [0.25, 0.3) is 0 Å². The molecule has 4 heteroatoms. The summed E-state index contributed by atoms with van der Waals surface area (Å²) in [6.07, 6.45) is -0.500. The third-order valence-electron chi connectivity index (χ3n) is 0. The molecule has 0 aromatic carbocycles. The molecule has 0 atom stereocenters. The van der Waals surface area contributed by atoms with Gasteiger partial charge in [0.05, 0.1) is 0 Å². The predicted molar refractivity (Wildman–Crippen MR) is 62.5 cm³/mol. The van der Waals surface area contributed by atoms with E-state index in [0.29, 0.717) is 0 Å². The Bertz CT molecular complexity index is 53.7. The molecular formula is C11H29O3Ti. The first kappa shape index (κ1) is 24.7. The number of aliphatic hydroxyl groups excluding tert-OH is 3. The van der Waals surface area contributed by atoms with Gasteiger partial charge in [0.15, 0.2) is 0 Å². The van der Waals surface area contributed by atoms with Gasteiger partial charge in [-0.05, 0) is 41.5 Å². The molecule has 0 aliphatic heterocycles. The van der Waals surface area contributed by atoms with Crippen LogP contribution in [0, 0.1) is 0 Å². The van der Waals surface area contributed by atoms with Gasteiger partial charge in [-0.25, -0.2) is 0 Å². The summed E-state index contributed by atoms with van der Waals surface area (Å²) < 4.78 is 1.25. The Labute approximate surface area is 107 Å². The molecule has 0 spiro atoms. The van der Waals surface area contributed by atoms with Crippen molar-refractivity contribution in [1.29, 1.82) is 0 Å². The minimum atomic E-state index is -0.167. The van der Waals surface area contributed by atoms with Crippen molar-refractivity contribution in [2.75, 3.05) is 0 Å². The van der Waals surface area contributed by atoms with Gasteiger partial charge in [0, 0.05) is 18.3 Å². The Morgan fingerprint density at radius 2 is 0.733 bits per heavy atom. The van der Waals surface area contributed by atoms with E-state index in [4.69, 9.17) is 15.3 Å². The SMILES string of the molecule is CC(C)O.CC(C)O.CC(C)O.C[CH2][Ti]. The normalized spacial score (nSPS) is 8.27. The molecule has 3 N–H and O–H groups in total. The summed E-state index contributed by atoms with van der Waals surface area (Å²) >= 11 is 2.12. The van der Waals surface area contributed by atoms with E-state index in [1.54, 1.807) is 41.5 Å². The van der Waals surface area contributed by atoms with Crippen molar-refractivity contribution in [1.82, 2.24) is 0 Å². The van der Waals surface area contributed by atoms with Gasteiger partial charge in [0.1, 0.15) is 0 Å². The fourth-order valence-electron chi connectivity index (χ4n) is 0. The fraction of sp³-hybridized carbons (Fsp3) is 1.00. The van der Waals surface area contributed by atoms with E-state index in [-0.39, 0.29) is 18.3 Å². The Kier molecular flexibility index (Phi) is 39.6. The first-order chi connectivity index (χ1) is 6.61. The molecule has 0 heterocycles. The Hall–Kier alpha value is 0.594. The summed E-state index contributed by atoms with van der Waals surface area (Å²) in [5.74, 6) is 0. The zero-order valence-corrected chi connectivity index (χ0v) is 12.8. The third-order valence-corrected chi connectivity index (χ3v) is 0. The van der Waals surface area contributed by atoms with E-state index in [2.05, 4.69) is 27.4 Å². The molecule has 95 valence electrons. The monoisotopic (exact) mass is 257 g/mol. The molecule has 0 aliphatic carbocycles. The molecule has 0 bridgehead atoms. The van der Waals surface area contributed by atoms with E-state index >= 15 is 0 Å². The molecule has 0 unspecified atom stereocenters. The van der Waals surface area contributed by atoms with Crippen molar-refractivity contribution in [3.63, 3.8) is 0 Å². The van der Waals surface area contributed by atoms with Gasteiger partial charge in [0.2, 0.25) is 0 Å². The average molecular weight is 257 g/mol. The molecule has 0 rings (SSSR count). The average Bonchev–Trinajstić information content (AvgIpc) is 1.81. The molecule has 0 aromatic heterocycles. The van der Waals surface area contributed by atoms with Crippen LogP contribution >= 0.6 is 0 Å². The van der Waals surface area contributed by atoms with Crippen LogP contribution in [0.4, 0.5) is 0 Å². The van der Waals surface area contributed by atoms with E-state index in [9.17, 15) is 0 Å². The van der Waals surface area contributed by atoms with Crippen LogP contribution in [-0.2, 0) is 20.4 Å². The maximum absolute atomic E-state index is 8.06. The third kappa shape index (κ3) is 6550. The van der Waals surface area contributed by atoms with Crippen molar-refractivity contribution in [3.8, 4) is 0 Å². The van der Waals surface area contributed by atoms with Crippen molar-refractivity contribution >= 4 is 0 Å². The molecule has 15 heavy (non-hydrogen) atoms. The Morgan fingerprint density at radius 3 is 0.733 bits per heavy atom. The summed E-state index contributed by atoms with van der Waals surface area (Å²) in [5, 5.41) is 24.2. The van der Waals surface area contributed by atoms with Crippen molar-refractivity contribution in [2.45, 2.75) is 71.5 Å². The van der Waals surface area contributed by atoms with Crippen molar-refractivity contribution in [2.24, 2.45) is 0 Å². The molecule has 0 saturated carbocycles. The van der Waals surface area contributed by atoms with Gasteiger partial charge in [0.25, 0.3) is 0 Å². The van der Waals surface area contributed by atoms with Crippen LogP contribution < -0.4 is 0 Å². The molecule has 3 nitrogen and oxygen atoms in total. The second kappa shape index (κ2) is 24.0. The van der Waals surface area contributed by atoms with Crippen molar-refractivity contribution < 1.29 is 35.8 Å². The van der Waals surface area contributed by atoms with Gasteiger partial charge in [-0.3, -0.25) is 0 Å². The van der Waals surface area contributed by atoms with Gasteiger partial charge < -0.3 is 15.3 Å². The minimum absolute atomic E-state index is 0.167. The molecular weight excluding hydrogens is 228 g/mol. The van der Waals surface area contributed by atoms with E-state index in [1.165, 1.54) is 4.73 Å². The van der Waals surface area contributed by atoms with E-state index < -0.39 is 0 Å². The second-order valence-electron chi connectivity index (χ2n) is 3.63. The van der Waals surface area contributed by atoms with Gasteiger partial charge >= 0.3 is 32.1 Å². The zero-order chi connectivity index (χ0) is 13.4. The number of hydrogen-bond acceptors (Lipinski definition) is 3. The van der Waals surface area contributed by atoms with Crippen LogP contribution in [0.15, 0.2) is 0 Å². The molecule has 0 aliphatic rings. The first-order valence-corrected chi connectivity index (χ1v) is 6.40. The molecule has 0 aromatic rings. The molecule has 0 saturated heterocycles. The molecule has 0 radical (unpaired) electrons. The van der Waals surface area contributed by atoms with Gasteiger partial charge in [-0.1, -0.05) is 0 Å². The number of aliphatic hydroxyl groups is 3. The van der Waals surface area contributed by atoms with Crippen LogP contribution in [0.2, 0.25) is 4.73 Å². The predicted octanol–water partition coefficient (Wildman–Crippen LogP) is 2.13. The van der Waals surface area contributed by atoms with Crippen molar-refractivity contribution in [3.05, 3.63) is 0 Å². The van der Waals surface area contributed by atoms with Gasteiger partial charge in [-0.15, -0.1) is 0 Å². The summed E-state index contributed by atoms with van der Waals surface area (Å²) in [7, 11) is 0. The second-order valence-corrected chi connectivity index (χ2v) is 4.74. The van der Waals surface area contributed by atoms with E-state index in [1.807, 2.05) is 0 Å². The first-order valence-electron chi connectivity index (χ1n) is 5.30. The van der Waals surface area contributed by atoms with Crippen LogP contribution in [-0.4, -0.2) is 33.6 Å². The number of rotatable bonds is 0. The van der Waals surface area contributed by atoms with Crippen LogP contribution in [0.1, 0.15) is 48.5 Å². The summed E-state index contributed by atoms with van der Waals surface area (Å²) in [4.78, 5) is 0. The standard InChI is InChI=1S/3C3H8O.C2H5.Ti/c3*1-3(2)4;1-2;/h3*3-4H,1-2H3;1H2,2H3;. The zero-order valence-electron chi connectivity index (χ0n) is 11.3. The topological polar surface area (TPSA) is 60.7 Å². The van der Waals surface area contributed by atoms with E-state index in [0.717, 1.165) is 0 Å². The summed E-state index contributed by atoms with van der Waals surface area (Å²) in [5.41, 5.74) is 0. The quantitative estimate of drug-likeness (QED) is 0.583. The Balaban J connectivity index is -0.0000000542. The molecule has 0 amide bonds. The van der Waals surface area contributed by atoms with Gasteiger partial charge in [-0.2, -0.15) is 0 Å².